The molecule has 6 heteroatoms. The van der Waals surface area contributed by atoms with E-state index in [-0.39, 0.29) is 0 Å². The average Bonchev–Trinajstić information content (AvgIpc) is 2.68. The lowest BCUT2D eigenvalue weighted by Crippen LogP contribution is -2.23. The van der Waals surface area contributed by atoms with E-state index >= 15 is 0 Å². The quantitative estimate of drug-likeness (QED) is 0.404. The van der Waals surface area contributed by atoms with Gasteiger partial charge in [-0.25, -0.2) is 0 Å². The van der Waals surface area contributed by atoms with Gasteiger partial charge in [0.1, 0.15) is 0 Å². The normalized spacial score (nSPS) is 10.7. The van der Waals surface area contributed by atoms with E-state index in [9.17, 15) is 0 Å². The molecule has 0 radical (unpaired) electrons. The largest absolute Gasteiger partial charge is 0.493 e. The lowest BCUT2D eigenvalue weighted by Gasteiger charge is -2.11. The van der Waals surface area contributed by atoms with Gasteiger partial charge < -0.3 is 14.8 Å². The number of nitrogens with one attached hydrogen (secondary N) is 2. The summed E-state index contributed by atoms with van der Waals surface area (Å²) < 4.78 is 10.5. The molecule has 0 saturated carbocycles. The monoisotopic (exact) mass is 365 g/mol. The van der Waals surface area contributed by atoms with Crippen LogP contribution >= 0.6 is 12.2 Å². The Morgan fingerprint density at radius 3 is 2.54 bits per heavy atom. The zero-order valence-corrected chi connectivity index (χ0v) is 15.3. The first kappa shape index (κ1) is 17.7. The molecule has 0 aliphatic heterocycles. The number of ether oxygens (including phenoxy) is 2. The molecule has 3 aromatic rings. The van der Waals surface area contributed by atoms with E-state index in [1.807, 2.05) is 36.4 Å². The minimum absolute atomic E-state index is 0.383. The van der Waals surface area contributed by atoms with Crippen molar-refractivity contribution in [1.29, 1.82) is 0 Å². The Hall–Kier alpha value is -3.12. The summed E-state index contributed by atoms with van der Waals surface area (Å²) in [6.07, 6.45) is 1.75. The Labute approximate surface area is 157 Å². The molecule has 0 unspecified atom stereocenters. The molecular weight excluding hydrogens is 346 g/mol. The van der Waals surface area contributed by atoms with Crippen LogP contribution in [0.5, 0.6) is 11.5 Å². The molecule has 0 spiro atoms. The van der Waals surface area contributed by atoms with Crippen molar-refractivity contribution in [2.24, 2.45) is 5.10 Å². The molecular formula is C20H19N3O2S. The molecule has 2 N–H and O–H groups in total. The molecule has 0 fully saturated rings. The third-order valence-electron chi connectivity index (χ3n) is 3.83. The van der Waals surface area contributed by atoms with Gasteiger partial charge in [-0.05, 0) is 35.1 Å². The van der Waals surface area contributed by atoms with Crippen LogP contribution < -0.4 is 20.2 Å². The number of benzene rings is 3. The van der Waals surface area contributed by atoms with Crippen LogP contribution in [0.4, 0.5) is 5.69 Å². The first-order valence-electron chi connectivity index (χ1n) is 8.01. The van der Waals surface area contributed by atoms with E-state index in [1.54, 1.807) is 26.5 Å². The maximum absolute atomic E-state index is 5.28. The van der Waals surface area contributed by atoms with Crippen molar-refractivity contribution < 1.29 is 9.47 Å². The molecule has 3 rings (SSSR count). The van der Waals surface area contributed by atoms with E-state index in [2.05, 4.69) is 34.0 Å². The first-order chi connectivity index (χ1) is 12.7. The van der Waals surface area contributed by atoms with Crippen LogP contribution in [0.15, 0.2) is 65.8 Å². The van der Waals surface area contributed by atoms with E-state index in [4.69, 9.17) is 21.7 Å². The highest BCUT2D eigenvalue weighted by atomic mass is 32.1. The number of rotatable bonds is 5. The van der Waals surface area contributed by atoms with Crippen molar-refractivity contribution in [1.82, 2.24) is 5.43 Å². The molecule has 0 aromatic heterocycles. The zero-order chi connectivity index (χ0) is 18.4. The van der Waals surface area contributed by atoms with Crippen molar-refractivity contribution in [3.8, 4) is 11.5 Å². The predicted octanol–water partition coefficient (Wildman–Crippen LogP) is 4.18. The van der Waals surface area contributed by atoms with E-state index in [0.717, 1.165) is 16.6 Å². The van der Waals surface area contributed by atoms with Crippen molar-refractivity contribution in [3.05, 3.63) is 66.2 Å². The number of anilines is 1. The first-order valence-corrected chi connectivity index (χ1v) is 8.42. The molecule has 3 aromatic carbocycles. The number of fused-ring (bicyclic) bond motifs is 1. The Kier molecular flexibility index (Phi) is 5.66. The lowest BCUT2D eigenvalue weighted by atomic mass is 10.1. The summed E-state index contributed by atoms with van der Waals surface area (Å²) in [6.45, 7) is 0. The molecule has 0 atom stereocenters. The van der Waals surface area contributed by atoms with Gasteiger partial charge in [0.05, 0.1) is 20.4 Å². The third kappa shape index (κ3) is 4.10. The third-order valence-corrected chi connectivity index (χ3v) is 4.03. The van der Waals surface area contributed by atoms with Crippen LogP contribution in [0.3, 0.4) is 0 Å². The zero-order valence-electron chi connectivity index (χ0n) is 14.5. The Morgan fingerprint density at radius 1 is 0.962 bits per heavy atom. The van der Waals surface area contributed by atoms with Gasteiger partial charge in [-0.3, -0.25) is 5.43 Å². The summed E-state index contributed by atoms with van der Waals surface area (Å²) in [5.41, 5.74) is 4.62. The van der Waals surface area contributed by atoms with Gasteiger partial charge >= 0.3 is 0 Å². The lowest BCUT2D eigenvalue weighted by molar-refractivity contribution is 0.355. The average molecular weight is 365 g/mol. The fourth-order valence-corrected chi connectivity index (χ4v) is 2.77. The van der Waals surface area contributed by atoms with Gasteiger partial charge in [0.2, 0.25) is 0 Å². The second-order valence-corrected chi connectivity index (χ2v) is 5.87. The molecule has 0 heterocycles. The van der Waals surface area contributed by atoms with Crippen molar-refractivity contribution in [2.45, 2.75) is 0 Å². The van der Waals surface area contributed by atoms with Crippen molar-refractivity contribution in [2.75, 3.05) is 19.5 Å². The number of methoxy groups -OCH3 is 2. The minimum Gasteiger partial charge on any atom is -0.493 e. The fraction of sp³-hybridized carbons (Fsp3) is 0.100. The smallest absolute Gasteiger partial charge is 0.191 e. The maximum atomic E-state index is 5.28. The van der Waals surface area contributed by atoms with E-state index < -0.39 is 0 Å². The van der Waals surface area contributed by atoms with Gasteiger partial charge in [-0.15, -0.1) is 0 Å². The van der Waals surface area contributed by atoms with Crippen molar-refractivity contribution in [3.63, 3.8) is 0 Å². The second-order valence-electron chi connectivity index (χ2n) is 5.46. The van der Waals surface area contributed by atoms with Crippen LogP contribution in [0.2, 0.25) is 0 Å². The number of hydrogen-bond donors (Lipinski definition) is 2. The fourth-order valence-electron chi connectivity index (χ4n) is 2.60. The van der Waals surface area contributed by atoms with E-state index in [1.165, 1.54) is 5.39 Å². The summed E-state index contributed by atoms with van der Waals surface area (Å²) in [5.74, 6) is 1.28. The molecule has 0 bridgehead atoms. The Morgan fingerprint density at radius 2 is 1.73 bits per heavy atom. The molecule has 0 saturated heterocycles. The molecule has 26 heavy (non-hydrogen) atoms. The molecule has 5 nitrogen and oxygen atoms in total. The summed E-state index contributed by atoms with van der Waals surface area (Å²) in [4.78, 5) is 0. The molecule has 0 aliphatic carbocycles. The predicted molar refractivity (Wildman–Crippen MR) is 110 cm³/mol. The summed E-state index contributed by atoms with van der Waals surface area (Å²) >= 11 is 5.28. The second kappa shape index (κ2) is 8.31. The topological polar surface area (TPSA) is 54.9 Å². The van der Waals surface area contributed by atoms with E-state index in [0.29, 0.717) is 16.6 Å². The summed E-state index contributed by atoms with van der Waals surface area (Å²) in [7, 11) is 3.19. The standard InChI is InChI=1S/C20H19N3O2S/c1-24-18-11-10-16(12-19(18)25-2)22-20(26)23-21-13-15-8-5-7-14-6-3-4-9-17(14)15/h3-13H,1-2H3,(H2,22,23,26)/b21-13-. The number of hydrogen-bond acceptors (Lipinski definition) is 4. The highest BCUT2D eigenvalue weighted by Gasteiger charge is 2.05. The number of thiocarbonyl (C=S) groups is 1. The van der Waals surface area contributed by atoms with Crippen LogP contribution in [0, 0.1) is 0 Å². The molecule has 0 aliphatic rings. The van der Waals surface area contributed by atoms with Crippen LogP contribution in [-0.2, 0) is 0 Å². The van der Waals surface area contributed by atoms with Crippen molar-refractivity contribution >= 4 is 40.0 Å². The van der Waals surface area contributed by atoms with Gasteiger partial charge in [-0.2, -0.15) is 5.10 Å². The number of nitrogens with zero attached hydrogens (tertiary/aromatic N) is 1. The van der Waals surface area contributed by atoms with Crippen LogP contribution in [-0.4, -0.2) is 25.5 Å². The maximum Gasteiger partial charge on any atom is 0.191 e. The molecule has 0 amide bonds. The van der Waals surface area contributed by atoms with Crippen LogP contribution in [0.1, 0.15) is 5.56 Å². The SMILES string of the molecule is COc1ccc(NC(=S)N/N=C\c2cccc3ccccc23)cc1OC. The highest BCUT2D eigenvalue weighted by molar-refractivity contribution is 7.80. The Bertz CT molecular complexity index is 951. The van der Waals surface area contributed by atoms with Gasteiger partial charge in [0.15, 0.2) is 16.6 Å². The summed E-state index contributed by atoms with van der Waals surface area (Å²) in [5, 5.41) is 9.98. The van der Waals surface area contributed by atoms with Gasteiger partial charge in [0.25, 0.3) is 0 Å². The van der Waals surface area contributed by atoms with Crippen LogP contribution in [0.25, 0.3) is 10.8 Å². The van der Waals surface area contributed by atoms with Gasteiger partial charge in [0, 0.05) is 17.3 Å². The Balaban J connectivity index is 1.66. The number of hydrazone groups is 1. The van der Waals surface area contributed by atoms with Gasteiger partial charge in [-0.1, -0.05) is 42.5 Å². The minimum atomic E-state index is 0.383. The highest BCUT2D eigenvalue weighted by Crippen LogP contribution is 2.29. The molecule has 132 valence electrons. The summed E-state index contributed by atoms with van der Waals surface area (Å²) in [6, 6.07) is 19.7.